The van der Waals surface area contributed by atoms with Gasteiger partial charge in [-0.2, -0.15) is 0 Å². The van der Waals surface area contributed by atoms with Crippen LogP contribution in [-0.4, -0.2) is 33.3 Å². The molecule has 2 N–H and O–H groups in total. The molecule has 0 atom stereocenters. The van der Waals surface area contributed by atoms with Gasteiger partial charge < -0.3 is 15.4 Å². The molecule has 0 aliphatic heterocycles. The minimum absolute atomic E-state index is 0.471. The SMILES string of the molecule is CCOc1ccc(C#Cc2ccccc2CCN(C(N)=O)c2ccc(N(C)C)cc2)cc1. The number of benzene rings is 3. The summed E-state index contributed by atoms with van der Waals surface area (Å²) >= 11 is 0. The highest BCUT2D eigenvalue weighted by Crippen LogP contribution is 2.20. The largest absolute Gasteiger partial charge is 0.494 e. The first-order chi connectivity index (χ1) is 15.5. The van der Waals surface area contributed by atoms with Gasteiger partial charge in [0.15, 0.2) is 0 Å². The van der Waals surface area contributed by atoms with Gasteiger partial charge in [0.2, 0.25) is 0 Å². The molecule has 0 spiro atoms. The number of carbonyl (C=O) groups excluding carboxylic acids is 1. The van der Waals surface area contributed by atoms with Crippen molar-refractivity contribution in [2.24, 2.45) is 5.73 Å². The number of hydrogen-bond acceptors (Lipinski definition) is 3. The molecule has 0 radical (unpaired) electrons. The van der Waals surface area contributed by atoms with Gasteiger partial charge in [0.05, 0.1) is 6.61 Å². The maximum absolute atomic E-state index is 12.1. The zero-order chi connectivity index (χ0) is 22.9. The fraction of sp³-hybridized carbons (Fsp3) is 0.222. The second kappa shape index (κ2) is 10.9. The lowest BCUT2D eigenvalue weighted by molar-refractivity contribution is 0.254. The van der Waals surface area contributed by atoms with Crippen molar-refractivity contribution in [1.29, 1.82) is 0 Å². The lowest BCUT2D eigenvalue weighted by Crippen LogP contribution is -2.37. The molecule has 5 heteroatoms. The number of ether oxygens (including phenoxy) is 1. The van der Waals surface area contributed by atoms with Gasteiger partial charge in [0.1, 0.15) is 5.75 Å². The lowest BCUT2D eigenvalue weighted by atomic mass is 10.0. The van der Waals surface area contributed by atoms with E-state index in [1.54, 1.807) is 4.90 Å². The number of amides is 2. The maximum Gasteiger partial charge on any atom is 0.319 e. The van der Waals surface area contributed by atoms with Gasteiger partial charge >= 0.3 is 6.03 Å². The quantitative estimate of drug-likeness (QED) is 0.557. The lowest BCUT2D eigenvalue weighted by Gasteiger charge is -2.22. The number of nitrogens with zero attached hydrogens (tertiary/aromatic N) is 2. The van der Waals surface area contributed by atoms with Gasteiger partial charge in [0.25, 0.3) is 0 Å². The molecule has 0 unspecified atom stereocenters. The van der Waals surface area contributed by atoms with E-state index in [0.29, 0.717) is 19.6 Å². The van der Waals surface area contributed by atoms with Crippen LogP contribution in [0.25, 0.3) is 0 Å². The van der Waals surface area contributed by atoms with Crippen LogP contribution >= 0.6 is 0 Å². The highest BCUT2D eigenvalue weighted by Gasteiger charge is 2.13. The van der Waals surface area contributed by atoms with E-state index >= 15 is 0 Å². The van der Waals surface area contributed by atoms with Gasteiger partial charge in [-0.1, -0.05) is 30.0 Å². The van der Waals surface area contributed by atoms with Crippen molar-refractivity contribution in [3.05, 3.63) is 89.5 Å². The van der Waals surface area contributed by atoms with E-state index in [9.17, 15) is 4.79 Å². The summed E-state index contributed by atoms with van der Waals surface area (Å²) in [6.45, 7) is 3.07. The highest BCUT2D eigenvalue weighted by atomic mass is 16.5. The summed E-state index contributed by atoms with van der Waals surface area (Å²) in [5, 5.41) is 0. The molecule has 0 heterocycles. The number of hydrogen-bond donors (Lipinski definition) is 1. The highest BCUT2D eigenvalue weighted by molar-refractivity contribution is 5.90. The third-order valence-corrected chi connectivity index (χ3v) is 5.07. The molecule has 0 aliphatic rings. The Labute approximate surface area is 190 Å². The Morgan fingerprint density at radius 1 is 0.906 bits per heavy atom. The van der Waals surface area contributed by atoms with E-state index in [2.05, 4.69) is 11.8 Å². The minimum Gasteiger partial charge on any atom is -0.494 e. The number of anilines is 2. The van der Waals surface area contributed by atoms with Gasteiger partial charge in [-0.25, -0.2) is 4.79 Å². The zero-order valence-electron chi connectivity index (χ0n) is 18.8. The zero-order valence-corrected chi connectivity index (χ0v) is 18.8. The van der Waals surface area contributed by atoms with Gasteiger partial charge in [-0.3, -0.25) is 4.90 Å². The Kier molecular flexibility index (Phi) is 7.77. The van der Waals surface area contributed by atoms with E-state index < -0.39 is 6.03 Å². The second-order valence-electron chi connectivity index (χ2n) is 7.52. The molecule has 0 saturated carbocycles. The minimum atomic E-state index is -0.472. The third-order valence-electron chi connectivity index (χ3n) is 5.07. The van der Waals surface area contributed by atoms with Crippen LogP contribution in [0.4, 0.5) is 16.2 Å². The molecule has 164 valence electrons. The first-order valence-corrected chi connectivity index (χ1v) is 10.6. The summed E-state index contributed by atoms with van der Waals surface area (Å²) < 4.78 is 5.48. The van der Waals surface area contributed by atoms with Crippen LogP contribution in [0.15, 0.2) is 72.8 Å². The maximum atomic E-state index is 12.1. The van der Waals surface area contributed by atoms with Crippen molar-refractivity contribution in [3.63, 3.8) is 0 Å². The van der Waals surface area contributed by atoms with Crippen molar-refractivity contribution in [2.45, 2.75) is 13.3 Å². The molecule has 3 rings (SSSR count). The Balaban J connectivity index is 1.74. The fourth-order valence-electron chi connectivity index (χ4n) is 3.33. The molecular formula is C27H29N3O2. The molecule has 32 heavy (non-hydrogen) atoms. The Morgan fingerprint density at radius 2 is 1.56 bits per heavy atom. The summed E-state index contributed by atoms with van der Waals surface area (Å²) in [6, 6.07) is 23.0. The van der Waals surface area contributed by atoms with E-state index in [1.807, 2.05) is 98.7 Å². The van der Waals surface area contributed by atoms with E-state index in [1.165, 1.54) is 0 Å². The normalized spacial score (nSPS) is 10.1. The molecule has 3 aromatic carbocycles. The van der Waals surface area contributed by atoms with Crippen molar-refractivity contribution in [3.8, 4) is 17.6 Å². The number of urea groups is 1. The van der Waals surface area contributed by atoms with Crippen molar-refractivity contribution in [2.75, 3.05) is 37.0 Å². The van der Waals surface area contributed by atoms with Crippen LogP contribution in [0.1, 0.15) is 23.6 Å². The Bertz CT molecular complexity index is 1090. The van der Waals surface area contributed by atoms with Crippen LogP contribution in [0.5, 0.6) is 5.75 Å². The van der Waals surface area contributed by atoms with E-state index in [-0.39, 0.29) is 0 Å². The molecule has 5 nitrogen and oxygen atoms in total. The number of primary amides is 1. The van der Waals surface area contributed by atoms with Crippen LogP contribution in [-0.2, 0) is 6.42 Å². The van der Waals surface area contributed by atoms with Crippen molar-refractivity contribution < 1.29 is 9.53 Å². The molecule has 0 saturated heterocycles. The predicted molar refractivity (Wildman–Crippen MR) is 131 cm³/mol. The molecule has 0 aromatic heterocycles. The monoisotopic (exact) mass is 427 g/mol. The molecule has 3 aromatic rings. The van der Waals surface area contributed by atoms with E-state index in [4.69, 9.17) is 10.5 Å². The number of rotatable bonds is 7. The van der Waals surface area contributed by atoms with E-state index in [0.717, 1.165) is 33.8 Å². The van der Waals surface area contributed by atoms with Gasteiger partial charge in [-0.05, 0) is 73.5 Å². The predicted octanol–water partition coefficient (Wildman–Crippen LogP) is 4.68. The first-order valence-electron chi connectivity index (χ1n) is 10.6. The molecular weight excluding hydrogens is 398 g/mol. The van der Waals surface area contributed by atoms with Crippen molar-refractivity contribution in [1.82, 2.24) is 0 Å². The van der Waals surface area contributed by atoms with Crippen LogP contribution in [0.3, 0.4) is 0 Å². The number of carbonyl (C=O) groups is 1. The van der Waals surface area contributed by atoms with Gasteiger partial charge in [-0.15, -0.1) is 0 Å². The summed E-state index contributed by atoms with van der Waals surface area (Å²) in [5.41, 5.74) is 10.4. The standard InChI is InChI=1S/C27H29N3O2/c1-4-32-26-17-10-21(11-18-26)9-12-22-7-5-6-8-23(22)19-20-30(27(28)31)25-15-13-24(14-16-25)29(2)3/h5-8,10-11,13-18H,4,19-20H2,1-3H3,(H2,28,31). The average molecular weight is 428 g/mol. The topological polar surface area (TPSA) is 58.8 Å². The molecule has 2 amide bonds. The Hall–Kier alpha value is -3.91. The summed E-state index contributed by atoms with van der Waals surface area (Å²) in [5.74, 6) is 7.31. The first kappa shape index (κ1) is 22.8. The smallest absolute Gasteiger partial charge is 0.319 e. The molecule has 0 aliphatic carbocycles. The summed E-state index contributed by atoms with van der Waals surface area (Å²) in [7, 11) is 3.96. The number of nitrogens with two attached hydrogens (primary N) is 1. The van der Waals surface area contributed by atoms with Gasteiger partial charge in [0, 0.05) is 43.1 Å². The van der Waals surface area contributed by atoms with Crippen LogP contribution in [0.2, 0.25) is 0 Å². The van der Waals surface area contributed by atoms with Crippen molar-refractivity contribution >= 4 is 17.4 Å². The van der Waals surface area contributed by atoms with Crippen LogP contribution < -0.4 is 20.3 Å². The summed E-state index contributed by atoms with van der Waals surface area (Å²) in [4.78, 5) is 15.7. The van der Waals surface area contributed by atoms with Crippen LogP contribution in [0, 0.1) is 11.8 Å². The molecule has 0 bridgehead atoms. The average Bonchev–Trinajstić information content (AvgIpc) is 2.80. The fourth-order valence-corrected chi connectivity index (χ4v) is 3.33. The molecule has 0 fully saturated rings. The summed E-state index contributed by atoms with van der Waals surface area (Å²) in [6.07, 6.45) is 0.645. The Morgan fingerprint density at radius 3 is 2.19 bits per heavy atom. The second-order valence-corrected chi connectivity index (χ2v) is 7.52. The third kappa shape index (κ3) is 6.05.